The molecule has 0 aliphatic rings. The Morgan fingerprint density at radius 3 is 1.56 bits per heavy atom. The summed E-state index contributed by atoms with van der Waals surface area (Å²) < 4.78 is 38.8. The molecule has 0 nitrogen and oxygen atoms in total. The maximum atomic E-state index is 12.9. The van der Waals surface area contributed by atoms with Crippen molar-refractivity contribution in [2.45, 2.75) is 6.18 Å². The predicted octanol–water partition coefficient (Wildman–Crippen LogP) is 10.0. The smallest absolute Gasteiger partial charge is 0.166 e. The minimum atomic E-state index is -4.33. The second-order valence-corrected chi connectivity index (χ2v) is 8.96. The Labute approximate surface area is 207 Å². The van der Waals surface area contributed by atoms with E-state index >= 15 is 0 Å². The number of fused-ring (bicyclic) bond motifs is 2. The highest BCUT2D eigenvalue weighted by atomic mass is 19.4. The van der Waals surface area contributed by atoms with Gasteiger partial charge in [0.15, 0.2) is 0 Å². The average Bonchev–Trinajstić information content (AvgIpc) is 2.92. The van der Waals surface area contributed by atoms with E-state index in [1.165, 1.54) is 34.0 Å². The second-order valence-electron chi connectivity index (χ2n) is 8.96. The van der Waals surface area contributed by atoms with Gasteiger partial charge in [-0.25, -0.2) is 0 Å². The molecule has 6 aromatic rings. The summed E-state index contributed by atoms with van der Waals surface area (Å²) in [6.45, 7) is 0. The van der Waals surface area contributed by atoms with E-state index in [-0.39, 0.29) is 0 Å². The summed E-state index contributed by atoms with van der Waals surface area (Å²) in [4.78, 5) is 0. The van der Waals surface area contributed by atoms with E-state index in [1.54, 1.807) is 0 Å². The number of alkyl halides is 3. The zero-order valence-electron chi connectivity index (χ0n) is 19.3. The molecule has 0 N–H and O–H groups in total. The highest BCUT2D eigenvalue weighted by molar-refractivity contribution is 5.97. The molecular weight excluding hydrogens is 453 g/mol. The van der Waals surface area contributed by atoms with Crippen molar-refractivity contribution < 1.29 is 13.2 Å². The minimum Gasteiger partial charge on any atom is -0.166 e. The molecule has 0 aromatic heterocycles. The lowest BCUT2D eigenvalue weighted by Crippen LogP contribution is -2.03. The monoisotopic (exact) mass is 474 g/mol. The van der Waals surface area contributed by atoms with Gasteiger partial charge in [-0.3, -0.25) is 0 Å². The molecular formula is C33H21F3. The molecule has 0 saturated heterocycles. The van der Waals surface area contributed by atoms with Gasteiger partial charge in [-0.2, -0.15) is 13.2 Å². The molecule has 0 amide bonds. The van der Waals surface area contributed by atoms with Crippen molar-refractivity contribution in [3.05, 3.63) is 133 Å². The average molecular weight is 475 g/mol. The van der Waals surface area contributed by atoms with Crippen LogP contribution in [0.4, 0.5) is 13.2 Å². The van der Waals surface area contributed by atoms with Gasteiger partial charge in [-0.15, -0.1) is 0 Å². The standard InChI is InChI=1S/C33H21F3/c34-33(35,36)30-18-16-23(17-19-30)28-15-11-24-10-14-27(20-29(24)21-28)22-8-12-26(13-9-22)32-7-3-5-25-4-1-2-6-31(25)32/h1-21H. The third-order valence-electron chi connectivity index (χ3n) is 6.70. The minimum absolute atomic E-state index is 0.638. The van der Waals surface area contributed by atoms with Crippen LogP contribution in [0.1, 0.15) is 5.56 Å². The molecule has 0 saturated carbocycles. The van der Waals surface area contributed by atoms with Crippen LogP contribution >= 0.6 is 0 Å². The van der Waals surface area contributed by atoms with E-state index in [1.807, 2.05) is 18.2 Å². The van der Waals surface area contributed by atoms with Crippen LogP contribution in [0.5, 0.6) is 0 Å². The normalized spacial score (nSPS) is 11.8. The van der Waals surface area contributed by atoms with Crippen LogP contribution in [0, 0.1) is 0 Å². The Morgan fingerprint density at radius 2 is 0.917 bits per heavy atom. The van der Waals surface area contributed by atoms with E-state index in [0.29, 0.717) is 0 Å². The Hall–Kier alpha value is -4.37. The van der Waals surface area contributed by atoms with E-state index < -0.39 is 11.7 Å². The Bertz CT molecular complexity index is 1690. The first-order chi connectivity index (χ1) is 17.5. The second kappa shape index (κ2) is 8.69. The number of rotatable bonds is 3. The van der Waals surface area contributed by atoms with Crippen molar-refractivity contribution >= 4 is 21.5 Å². The lowest BCUT2D eigenvalue weighted by atomic mass is 9.95. The lowest BCUT2D eigenvalue weighted by Gasteiger charge is -2.10. The first-order valence-corrected chi connectivity index (χ1v) is 11.8. The molecule has 0 heterocycles. The SMILES string of the molecule is FC(F)(F)c1ccc(-c2ccc3ccc(-c4ccc(-c5cccc6ccccc56)cc4)cc3c2)cc1. The van der Waals surface area contributed by atoms with Crippen molar-refractivity contribution in [3.8, 4) is 33.4 Å². The summed E-state index contributed by atoms with van der Waals surface area (Å²) in [5.74, 6) is 0. The van der Waals surface area contributed by atoms with Gasteiger partial charge in [0, 0.05) is 0 Å². The van der Waals surface area contributed by atoms with Gasteiger partial charge in [0.25, 0.3) is 0 Å². The van der Waals surface area contributed by atoms with Crippen LogP contribution in [-0.4, -0.2) is 0 Å². The molecule has 0 atom stereocenters. The van der Waals surface area contributed by atoms with Gasteiger partial charge in [0.2, 0.25) is 0 Å². The van der Waals surface area contributed by atoms with E-state index in [0.717, 1.165) is 45.2 Å². The van der Waals surface area contributed by atoms with Crippen molar-refractivity contribution in [1.82, 2.24) is 0 Å². The zero-order chi connectivity index (χ0) is 24.7. The molecule has 0 unspecified atom stereocenters. The molecule has 0 fully saturated rings. The number of hydrogen-bond donors (Lipinski definition) is 0. The van der Waals surface area contributed by atoms with Crippen LogP contribution in [0.15, 0.2) is 127 Å². The van der Waals surface area contributed by atoms with Gasteiger partial charge >= 0.3 is 6.18 Å². The first-order valence-electron chi connectivity index (χ1n) is 11.8. The van der Waals surface area contributed by atoms with Crippen molar-refractivity contribution in [2.75, 3.05) is 0 Å². The number of benzene rings is 6. The highest BCUT2D eigenvalue weighted by Crippen LogP contribution is 2.34. The Morgan fingerprint density at radius 1 is 0.389 bits per heavy atom. The molecule has 36 heavy (non-hydrogen) atoms. The first kappa shape index (κ1) is 22.1. The van der Waals surface area contributed by atoms with Crippen molar-refractivity contribution in [2.24, 2.45) is 0 Å². The number of hydrogen-bond acceptors (Lipinski definition) is 0. The summed E-state index contributed by atoms with van der Waals surface area (Å²) >= 11 is 0. The van der Waals surface area contributed by atoms with Crippen LogP contribution in [0.3, 0.4) is 0 Å². The molecule has 0 radical (unpaired) electrons. The Balaban J connectivity index is 1.33. The Kier molecular flexibility index (Phi) is 5.34. The summed E-state index contributed by atoms with van der Waals surface area (Å²) in [5, 5.41) is 4.58. The van der Waals surface area contributed by atoms with E-state index in [2.05, 4.69) is 84.9 Å². The summed E-state index contributed by atoms with van der Waals surface area (Å²) in [5.41, 5.74) is 5.59. The molecule has 6 aromatic carbocycles. The third-order valence-corrected chi connectivity index (χ3v) is 6.70. The largest absolute Gasteiger partial charge is 0.416 e. The fourth-order valence-electron chi connectivity index (χ4n) is 4.78. The lowest BCUT2D eigenvalue weighted by molar-refractivity contribution is -0.137. The molecule has 0 spiro atoms. The maximum Gasteiger partial charge on any atom is 0.416 e. The molecule has 3 heteroatoms. The van der Waals surface area contributed by atoms with E-state index in [9.17, 15) is 13.2 Å². The summed E-state index contributed by atoms with van der Waals surface area (Å²) in [6.07, 6.45) is -4.33. The molecule has 0 aliphatic carbocycles. The fraction of sp³-hybridized carbons (Fsp3) is 0.0303. The van der Waals surface area contributed by atoms with Gasteiger partial charge < -0.3 is 0 Å². The van der Waals surface area contributed by atoms with Gasteiger partial charge in [-0.1, -0.05) is 103 Å². The maximum absolute atomic E-state index is 12.9. The number of halogens is 3. The molecule has 0 bridgehead atoms. The quantitative estimate of drug-likeness (QED) is 0.239. The van der Waals surface area contributed by atoms with Crippen LogP contribution in [-0.2, 0) is 6.18 Å². The topological polar surface area (TPSA) is 0 Å². The third kappa shape index (κ3) is 4.14. The zero-order valence-corrected chi connectivity index (χ0v) is 19.3. The predicted molar refractivity (Wildman–Crippen MR) is 143 cm³/mol. The van der Waals surface area contributed by atoms with Crippen LogP contribution in [0.2, 0.25) is 0 Å². The highest BCUT2D eigenvalue weighted by Gasteiger charge is 2.29. The van der Waals surface area contributed by atoms with Gasteiger partial charge in [0.1, 0.15) is 0 Å². The summed E-state index contributed by atoms with van der Waals surface area (Å²) in [7, 11) is 0. The summed E-state index contributed by atoms with van der Waals surface area (Å²) in [6, 6.07) is 41.0. The van der Waals surface area contributed by atoms with Crippen LogP contribution < -0.4 is 0 Å². The van der Waals surface area contributed by atoms with Crippen molar-refractivity contribution in [1.29, 1.82) is 0 Å². The van der Waals surface area contributed by atoms with Gasteiger partial charge in [0.05, 0.1) is 5.56 Å². The molecule has 174 valence electrons. The van der Waals surface area contributed by atoms with Gasteiger partial charge in [-0.05, 0) is 79.2 Å². The van der Waals surface area contributed by atoms with Crippen molar-refractivity contribution in [3.63, 3.8) is 0 Å². The molecule has 0 aliphatic heterocycles. The fourth-order valence-corrected chi connectivity index (χ4v) is 4.78. The van der Waals surface area contributed by atoms with E-state index in [4.69, 9.17) is 0 Å². The molecule has 6 rings (SSSR count). The van der Waals surface area contributed by atoms with Crippen LogP contribution in [0.25, 0.3) is 54.9 Å².